The zero-order chi connectivity index (χ0) is 12.5. The van der Waals surface area contributed by atoms with Crippen LogP contribution in [0.4, 0.5) is 5.95 Å². The van der Waals surface area contributed by atoms with Crippen LogP contribution in [0.15, 0.2) is 12.4 Å². The second-order valence-corrected chi connectivity index (χ2v) is 4.69. The highest BCUT2D eigenvalue weighted by Gasteiger charge is 2.19. The Kier molecular flexibility index (Phi) is 2.75. The molecule has 1 aliphatic rings. The summed E-state index contributed by atoms with van der Waals surface area (Å²) >= 11 is 0. The predicted molar refractivity (Wildman–Crippen MR) is 68.3 cm³/mol. The normalized spacial score (nSPS) is 20.3. The third-order valence-corrected chi connectivity index (χ3v) is 3.10. The van der Waals surface area contributed by atoms with Crippen LogP contribution in [-0.4, -0.2) is 50.6 Å². The van der Waals surface area contributed by atoms with Crippen molar-refractivity contribution in [3.63, 3.8) is 0 Å². The van der Waals surface area contributed by atoms with E-state index >= 15 is 0 Å². The van der Waals surface area contributed by atoms with Crippen molar-refractivity contribution < 1.29 is 0 Å². The van der Waals surface area contributed by atoms with Crippen molar-refractivity contribution in [3.05, 3.63) is 12.4 Å². The lowest BCUT2D eigenvalue weighted by atomic mass is 10.2. The molecule has 7 nitrogen and oxygen atoms in total. The van der Waals surface area contributed by atoms with Gasteiger partial charge in [0.2, 0.25) is 5.95 Å². The Hall–Kier alpha value is -1.89. The van der Waals surface area contributed by atoms with Crippen molar-refractivity contribution in [3.8, 4) is 11.4 Å². The van der Waals surface area contributed by atoms with Gasteiger partial charge in [-0.15, -0.1) is 5.10 Å². The van der Waals surface area contributed by atoms with Crippen molar-refractivity contribution in [1.29, 1.82) is 0 Å². The maximum absolute atomic E-state index is 4.53. The van der Waals surface area contributed by atoms with Crippen LogP contribution < -0.4 is 10.2 Å². The van der Waals surface area contributed by atoms with Crippen molar-refractivity contribution in [2.45, 2.75) is 13.0 Å². The summed E-state index contributed by atoms with van der Waals surface area (Å²) in [5.74, 6) is 1.53. The Bertz CT molecular complexity index is 529. The van der Waals surface area contributed by atoms with Crippen LogP contribution >= 0.6 is 0 Å². The van der Waals surface area contributed by atoms with Crippen molar-refractivity contribution in [1.82, 2.24) is 30.3 Å². The Labute approximate surface area is 105 Å². The van der Waals surface area contributed by atoms with Crippen LogP contribution in [0.5, 0.6) is 0 Å². The molecule has 18 heavy (non-hydrogen) atoms. The molecule has 96 valence electrons. The van der Waals surface area contributed by atoms with E-state index in [4.69, 9.17) is 0 Å². The number of hydrogen-bond acceptors (Lipinski definition) is 5. The molecule has 3 heterocycles. The Morgan fingerprint density at radius 2 is 2.33 bits per heavy atom. The number of piperazine rings is 1. The first-order chi connectivity index (χ1) is 8.72. The zero-order valence-electron chi connectivity index (χ0n) is 10.6. The van der Waals surface area contributed by atoms with Gasteiger partial charge in [-0.3, -0.25) is 9.78 Å². The zero-order valence-corrected chi connectivity index (χ0v) is 10.6. The second-order valence-electron chi connectivity index (χ2n) is 4.69. The van der Waals surface area contributed by atoms with E-state index in [1.807, 2.05) is 13.2 Å². The van der Waals surface area contributed by atoms with Crippen molar-refractivity contribution in [2.24, 2.45) is 7.05 Å². The Morgan fingerprint density at radius 3 is 3.06 bits per heavy atom. The van der Waals surface area contributed by atoms with E-state index in [2.05, 4.69) is 37.4 Å². The summed E-state index contributed by atoms with van der Waals surface area (Å²) in [5.41, 5.74) is 0.958. The number of anilines is 1. The third kappa shape index (κ3) is 2.08. The standard InChI is InChI=1S/C11H17N7/c1-8-6-18(4-3-12-8)11-14-10(15-16-11)9-5-13-17(2)7-9/h5,7-8,12H,3-4,6H2,1-2H3,(H,14,15,16)/t8-/m0/s1. The molecule has 1 aliphatic heterocycles. The number of nitrogens with one attached hydrogen (secondary N) is 2. The highest BCUT2D eigenvalue weighted by molar-refractivity contribution is 5.54. The van der Waals surface area contributed by atoms with Gasteiger partial charge in [-0.25, -0.2) is 0 Å². The number of aryl methyl sites for hydroxylation is 1. The van der Waals surface area contributed by atoms with Crippen LogP contribution in [0.25, 0.3) is 11.4 Å². The van der Waals surface area contributed by atoms with E-state index in [-0.39, 0.29) is 0 Å². The first-order valence-electron chi connectivity index (χ1n) is 6.12. The number of aromatic amines is 1. The summed E-state index contributed by atoms with van der Waals surface area (Å²) in [7, 11) is 1.89. The molecule has 1 saturated heterocycles. The van der Waals surface area contributed by atoms with Crippen molar-refractivity contribution in [2.75, 3.05) is 24.5 Å². The maximum Gasteiger partial charge on any atom is 0.245 e. The minimum absolute atomic E-state index is 0.471. The number of hydrogen-bond donors (Lipinski definition) is 2. The van der Waals surface area contributed by atoms with Crippen LogP contribution in [0.3, 0.4) is 0 Å². The fraction of sp³-hybridized carbons (Fsp3) is 0.545. The number of aromatic nitrogens is 5. The molecule has 2 aromatic rings. The highest BCUT2D eigenvalue weighted by Crippen LogP contribution is 2.17. The molecule has 0 saturated carbocycles. The molecule has 0 amide bonds. The van der Waals surface area contributed by atoms with Gasteiger partial charge < -0.3 is 10.2 Å². The lowest BCUT2D eigenvalue weighted by Gasteiger charge is -2.30. The minimum atomic E-state index is 0.471. The number of nitrogens with zero attached hydrogens (tertiary/aromatic N) is 5. The van der Waals surface area contributed by atoms with E-state index in [1.165, 1.54) is 0 Å². The van der Waals surface area contributed by atoms with Gasteiger partial charge in [0.1, 0.15) is 0 Å². The average Bonchev–Trinajstić information content (AvgIpc) is 2.97. The Balaban J connectivity index is 1.80. The van der Waals surface area contributed by atoms with E-state index < -0.39 is 0 Å². The predicted octanol–water partition coefficient (Wildman–Crippen LogP) is 0.00330. The molecule has 2 aromatic heterocycles. The first kappa shape index (κ1) is 11.2. The first-order valence-corrected chi connectivity index (χ1v) is 6.12. The van der Waals surface area contributed by atoms with Gasteiger partial charge in [-0.1, -0.05) is 0 Å². The summed E-state index contributed by atoms with van der Waals surface area (Å²) in [4.78, 5) is 6.72. The lowest BCUT2D eigenvalue weighted by molar-refractivity contribution is 0.480. The molecule has 0 unspecified atom stereocenters. The molecule has 0 aliphatic carbocycles. The van der Waals surface area contributed by atoms with Gasteiger partial charge in [-0.05, 0) is 6.92 Å². The largest absolute Gasteiger partial charge is 0.337 e. The molecular formula is C11H17N7. The molecular weight excluding hydrogens is 230 g/mol. The van der Waals surface area contributed by atoms with E-state index in [1.54, 1.807) is 10.9 Å². The fourth-order valence-electron chi connectivity index (χ4n) is 2.18. The average molecular weight is 247 g/mol. The van der Waals surface area contributed by atoms with Crippen LogP contribution in [-0.2, 0) is 7.05 Å². The molecule has 0 bridgehead atoms. The SMILES string of the molecule is C[C@H]1CN(c2n[nH]c(-c3cnn(C)c3)n2)CCN1. The van der Waals surface area contributed by atoms with E-state index in [0.29, 0.717) is 6.04 Å². The number of rotatable bonds is 2. The van der Waals surface area contributed by atoms with Gasteiger partial charge in [0, 0.05) is 38.9 Å². The van der Waals surface area contributed by atoms with Crippen molar-refractivity contribution >= 4 is 5.95 Å². The summed E-state index contributed by atoms with van der Waals surface area (Å²) in [6.45, 7) is 5.01. The topological polar surface area (TPSA) is 74.7 Å². The summed E-state index contributed by atoms with van der Waals surface area (Å²) in [6.07, 6.45) is 3.70. The smallest absolute Gasteiger partial charge is 0.245 e. The lowest BCUT2D eigenvalue weighted by Crippen LogP contribution is -2.49. The molecule has 0 radical (unpaired) electrons. The second kappa shape index (κ2) is 4.41. The molecule has 1 atom stereocenters. The maximum atomic E-state index is 4.53. The molecule has 3 rings (SSSR count). The molecule has 2 N–H and O–H groups in total. The summed E-state index contributed by atoms with van der Waals surface area (Å²) in [5, 5.41) is 14.8. The van der Waals surface area contributed by atoms with Gasteiger partial charge >= 0.3 is 0 Å². The van der Waals surface area contributed by atoms with Gasteiger partial charge in [-0.2, -0.15) is 10.1 Å². The third-order valence-electron chi connectivity index (χ3n) is 3.10. The van der Waals surface area contributed by atoms with Crippen LogP contribution in [0.1, 0.15) is 6.92 Å². The minimum Gasteiger partial charge on any atom is -0.337 e. The van der Waals surface area contributed by atoms with E-state index in [0.717, 1.165) is 37.0 Å². The fourth-order valence-corrected chi connectivity index (χ4v) is 2.18. The summed E-state index contributed by atoms with van der Waals surface area (Å²) in [6, 6.07) is 0.471. The van der Waals surface area contributed by atoms with Gasteiger partial charge in [0.25, 0.3) is 0 Å². The Morgan fingerprint density at radius 1 is 1.44 bits per heavy atom. The monoisotopic (exact) mass is 247 g/mol. The molecule has 0 spiro atoms. The molecule has 7 heteroatoms. The number of H-pyrrole nitrogens is 1. The van der Waals surface area contributed by atoms with Gasteiger partial charge in [0.15, 0.2) is 5.82 Å². The van der Waals surface area contributed by atoms with E-state index in [9.17, 15) is 0 Å². The molecule has 1 fully saturated rings. The van der Waals surface area contributed by atoms with Crippen LogP contribution in [0.2, 0.25) is 0 Å². The van der Waals surface area contributed by atoms with Gasteiger partial charge in [0.05, 0.1) is 11.8 Å². The highest BCUT2D eigenvalue weighted by atomic mass is 15.4. The molecule has 0 aromatic carbocycles. The quantitative estimate of drug-likeness (QED) is 0.781. The summed E-state index contributed by atoms with van der Waals surface area (Å²) < 4.78 is 1.75. The van der Waals surface area contributed by atoms with Crippen LogP contribution in [0, 0.1) is 0 Å².